The monoisotopic (exact) mass is 267 g/mol. The second kappa shape index (κ2) is 4.98. The Morgan fingerprint density at radius 3 is 2.65 bits per heavy atom. The molecule has 0 bridgehead atoms. The lowest BCUT2D eigenvalue weighted by Gasteiger charge is -2.11. The number of anilines is 1. The largest absolute Gasteiger partial charge is 0.399 e. The molecule has 1 heterocycles. The van der Waals surface area contributed by atoms with Gasteiger partial charge in [0.25, 0.3) is 0 Å². The SMILES string of the molecule is CC(O)c1nc2cc(N)ccc2n1Cc1ccccc1. The molecule has 0 saturated heterocycles. The third kappa shape index (κ3) is 2.26. The fourth-order valence-electron chi connectivity index (χ4n) is 2.42. The Bertz CT molecular complexity index is 732. The minimum atomic E-state index is -0.618. The van der Waals surface area contributed by atoms with Crippen LogP contribution in [0.15, 0.2) is 48.5 Å². The predicted octanol–water partition coefficient (Wildman–Crippen LogP) is 2.72. The van der Waals surface area contributed by atoms with E-state index >= 15 is 0 Å². The molecule has 3 N–H and O–H groups in total. The fraction of sp³-hybridized carbons (Fsp3) is 0.188. The lowest BCUT2D eigenvalue weighted by Crippen LogP contribution is -2.07. The summed E-state index contributed by atoms with van der Waals surface area (Å²) in [5.41, 5.74) is 9.45. The third-order valence-corrected chi connectivity index (χ3v) is 3.36. The molecule has 1 unspecified atom stereocenters. The molecule has 0 amide bonds. The summed E-state index contributed by atoms with van der Waals surface area (Å²) in [5, 5.41) is 9.94. The molecule has 0 radical (unpaired) electrons. The van der Waals surface area contributed by atoms with E-state index in [9.17, 15) is 5.11 Å². The van der Waals surface area contributed by atoms with Gasteiger partial charge in [-0.05, 0) is 30.7 Å². The Labute approximate surface area is 117 Å². The van der Waals surface area contributed by atoms with Crippen LogP contribution in [0.4, 0.5) is 5.69 Å². The van der Waals surface area contributed by atoms with Crippen LogP contribution in [0.25, 0.3) is 11.0 Å². The molecule has 3 aromatic rings. The van der Waals surface area contributed by atoms with Crippen molar-refractivity contribution in [2.45, 2.75) is 19.6 Å². The second-order valence-electron chi connectivity index (χ2n) is 4.97. The summed E-state index contributed by atoms with van der Waals surface area (Å²) in [6.07, 6.45) is -0.618. The zero-order valence-electron chi connectivity index (χ0n) is 11.3. The lowest BCUT2D eigenvalue weighted by molar-refractivity contribution is 0.185. The number of fused-ring (bicyclic) bond motifs is 1. The van der Waals surface area contributed by atoms with Gasteiger partial charge >= 0.3 is 0 Å². The van der Waals surface area contributed by atoms with Gasteiger partial charge < -0.3 is 15.4 Å². The second-order valence-corrected chi connectivity index (χ2v) is 4.97. The van der Waals surface area contributed by atoms with Crippen LogP contribution in [0.5, 0.6) is 0 Å². The number of nitrogen functional groups attached to an aromatic ring is 1. The van der Waals surface area contributed by atoms with Gasteiger partial charge in [-0.3, -0.25) is 0 Å². The molecule has 4 nitrogen and oxygen atoms in total. The van der Waals surface area contributed by atoms with Crippen molar-refractivity contribution in [3.05, 3.63) is 59.9 Å². The molecule has 0 saturated carbocycles. The summed E-state index contributed by atoms with van der Waals surface area (Å²) in [4.78, 5) is 4.50. The number of imidazole rings is 1. The van der Waals surface area contributed by atoms with Gasteiger partial charge in [0.05, 0.1) is 11.0 Å². The van der Waals surface area contributed by atoms with Crippen molar-refractivity contribution < 1.29 is 5.11 Å². The highest BCUT2D eigenvalue weighted by Crippen LogP contribution is 2.23. The lowest BCUT2D eigenvalue weighted by atomic mass is 10.2. The van der Waals surface area contributed by atoms with E-state index in [1.54, 1.807) is 6.92 Å². The van der Waals surface area contributed by atoms with Crippen LogP contribution in [0, 0.1) is 0 Å². The van der Waals surface area contributed by atoms with E-state index in [1.807, 2.05) is 41.0 Å². The first-order chi connectivity index (χ1) is 9.65. The van der Waals surface area contributed by atoms with Crippen LogP contribution in [0.3, 0.4) is 0 Å². The molecule has 1 aromatic heterocycles. The molecule has 3 rings (SSSR count). The molecule has 0 aliphatic heterocycles. The van der Waals surface area contributed by atoms with Crippen LogP contribution in [-0.2, 0) is 6.54 Å². The summed E-state index contributed by atoms with van der Waals surface area (Å²) in [5.74, 6) is 0.662. The van der Waals surface area contributed by atoms with Crippen molar-refractivity contribution in [1.29, 1.82) is 0 Å². The standard InChI is InChI=1S/C16H17N3O/c1-11(20)16-18-14-9-13(17)7-8-15(14)19(16)10-12-5-3-2-4-6-12/h2-9,11,20H,10,17H2,1H3. The Morgan fingerprint density at radius 1 is 1.20 bits per heavy atom. The maximum atomic E-state index is 9.94. The average molecular weight is 267 g/mol. The average Bonchev–Trinajstić information content (AvgIpc) is 2.78. The van der Waals surface area contributed by atoms with Gasteiger partial charge in [0.2, 0.25) is 0 Å². The highest BCUT2D eigenvalue weighted by molar-refractivity contribution is 5.79. The molecule has 4 heteroatoms. The molecular formula is C16H17N3O. The number of rotatable bonds is 3. The van der Waals surface area contributed by atoms with Crippen molar-refractivity contribution in [2.24, 2.45) is 0 Å². The molecule has 0 aliphatic carbocycles. The van der Waals surface area contributed by atoms with Crippen LogP contribution in [0.1, 0.15) is 24.4 Å². The van der Waals surface area contributed by atoms with Crippen molar-refractivity contribution in [3.63, 3.8) is 0 Å². The summed E-state index contributed by atoms with van der Waals surface area (Å²) in [7, 11) is 0. The fourth-order valence-corrected chi connectivity index (χ4v) is 2.42. The van der Waals surface area contributed by atoms with E-state index in [0.717, 1.165) is 11.0 Å². The van der Waals surface area contributed by atoms with E-state index in [1.165, 1.54) is 5.56 Å². The Kier molecular flexibility index (Phi) is 3.16. The normalized spacial score (nSPS) is 12.7. The number of nitrogens with zero attached hydrogens (tertiary/aromatic N) is 2. The third-order valence-electron chi connectivity index (χ3n) is 3.36. The molecule has 0 spiro atoms. The number of hydrogen-bond donors (Lipinski definition) is 2. The Balaban J connectivity index is 2.14. The van der Waals surface area contributed by atoms with Crippen molar-refractivity contribution in [2.75, 3.05) is 5.73 Å². The first-order valence-corrected chi connectivity index (χ1v) is 6.63. The summed E-state index contributed by atoms with van der Waals surface area (Å²) in [6.45, 7) is 2.41. The first-order valence-electron chi connectivity index (χ1n) is 6.63. The minimum Gasteiger partial charge on any atom is -0.399 e. The van der Waals surface area contributed by atoms with Crippen molar-refractivity contribution in [3.8, 4) is 0 Å². The van der Waals surface area contributed by atoms with Crippen LogP contribution >= 0.6 is 0 Å². The van der Waals surface area contributed by atoms with E-state index < -0.39 is 6.10 Å². The van der Waals surface area contributed by atoms with Gasteiger partial charge in [0.15, 0.2) is 0 Å². The molecule has 102 valence electrons. The highest BCUT2D eigenvalue weighted by atomic mass is 16.3. The first kappa shape index (κ1) is 12.7. The summed E-state index contributed by atoms with van der Waals surface area (Å²) < 4.78 is 2.04. The zero-order valence-corrected chi connectivity index (χ0v) is 11.3. The number of nitrogens with two attached hydrogens (primary N) is 1. The minimum absolute atomic E-state index is 0.618. The number of benzene rings is 2. The smallest absolute Gasteiger partial charge is 0.138 e. The van der Waals surface area contributed by atoms with E-state index in [2.05, 4.69) is 17.1 Å². The summed E-state index contributed by atoms with van der Waals surface area (Å²) >= 11 is 0. The van der Waals surface area contributed by atoms with Gasteiger partial charge in [-0.25, -0.2) is 4.98 Å². The topological polar surface area (TPSA) is 64.1 Å². The summed E-state index contributed by atoms with van der Waals surface area (Å²) in [6, 6.07) is 15.8. The van der Waals surface area contributed by atoms with Crippen molar-refractivity contribution >= 4 is 16.7 Å². The number of aliphatic hydroxyl groups is 1. The quantitative estimate of drug-likeness (QED) is 0.717. The van der Waals surface area contributed by atoms with E-state index in [0.29, 0.717) is 18.1 Å². The maximum absolute atomic E-state index is 9.94. The zero-order chi connectivity index (χ0) is 14.1. The van der Waals surface area contributed by atoms with Crippen molar-refractivity contribution in [1.82, 2.24) is 9.55 Å². The molecule has 0 fully saturated rings. The van der Waals surface area contributed by atoms with Gasteiger partial charge in [-0.15, -0.1) is 0 Å². The molecular weight excluding hydrogens is 250 g/mol. The number of aliphatic hydroxyl groups excluding tert-OH is 1. The molecule has 1 atom stereocenters. The Morgan fingerprint density at radius 2 is 1.95 bits per heavy atom. The highest BCUT2D eigenvalue weighted by Gasteiger charge is 2.15. The maximum Gasteiger partial charge on any atom is 0.138 e. The van der Waals surface area contributed by atoms with Gasteiger partial charge in [-0.2, -0.15) is 0 Å². The Hall–Kier alpha value is -2.33. The number of hydrogen-bond acceptors (Lipinski definition) is 3. The molecule has 0 aliphatic rings. The van der Waals surface area contributed by atoms with Gasteiger partial charge in [-0.1, -0.05) is 30.3 Å². The van der Waals surface area contributed by atoms with Gasteiger partial charge in [0.1, 0.15) is 11.9 Å². The predicted molar refractivity (Wildman–Crippen MR) is 80.3 cm³/mol. The van der Waals surface area contributed by atoms with Crippen LogP contribution in [0.2, 0.25) is 0 Å². The molecule has 2 aromatic carbocycles. The van der Waals surface area contributed by atoms with E-state index in [-0.39, 0.29) is 0 Å². The van der Waals surface area contributed by atoms with Crippen LogP contribution < -0.4 is 5.73 Å². The van der Waals surface area contributed by atoms with Gasteiger partial charge in [0, 0.05) is 12.2 Å². The van der Waals surface area contributed by atoms with E-state index in [4.69, 9.17) is 5.73 Å². The number of aromatic nitrogens is 2. The molecule has 20 heavy (non-hydrogen) atoms. The van der Waals surface area contributed by atoms with Crippen LogP contribution in [-0.4, -0.2) is 14.7 Å².